The van der Waals surface area contributed by atoms with E-state index >= 15 is 0 Å². The molecule has 0 bridgehead atoms. The Morgan fingerprint density at radius 2 is 2.12 bits per heavy atom. The zero-order valence-electron chi connectivity index (χ0n) is 14.4. The van der Waals surface area contributed by atoms with Gasteiger partial charge in [-0.3, -0.25) is 19.3 Å². The molecular weight excluding hydrogens is 422 g/mol. The number of hydrogen-bond acceptors (Lipinski definition) is 6. The molecule has 1 fully saturated rings. The lowest BCUT2D eigenvalue weighted by molar-refractivity contribution is -0.149. The maximum atomic E-state index is 12.4. The fourth-order valence-corrected chi connectivity index (χ4v) is 3.44. The molecule has 1 aromatic carbocycles. The third-order valence-electron chi connectivity index (χ3n) is 3.14. The lowest BCUT2D eigenvalue weighted by atomic mass is 10.2. The highest BCUT2D eigenvalue weighted by molar-refractivity contribution is 9.10. The van der Waals surface area contributed by atoms with E-state index in [0.29, 0.717) is 16.8 Å². The monoisotopic (exact) mass is 439 g/mol. The molecule has 1 heterocycles. The lowest BCUT2D eigenvalue weighted by Crippen LogP contribution is -2.35. The van der Waals surface area contributed by atoms with Gasteiger partial charge in [0.05, 0.1) is 15.5 Å². The van der Waals surface area contributed by atoms with Crippen LogP contribution < -0.4 is 4.74 Å². The van der Waals surface area contributed by atoms with Crippen molar-refractivity contribution in [2.24, 2.45) is 0 Å². The molecule has 0 atom stereocenters. The minimum atomic E-state index is -0.616. The van der Waals surface area contributed by atoms with Crippen molar-refractivity contribution >= 4 is 50.9 Å². The third kappa shape index (κ3) is 5.22. The van der Waals surface area contributed by atoms with Crippen LogP contribution in [0.2, 0.25) is 0 Å². The number of carbonyl (C=O) groups excluding carboxylic acids is 3. The number of esters is 1. The molecule has 6 nitrogen and oxygen atoms in total. The van der Waals surface area contributed by atoms with Crippen molar-refractivity contribution in [1.82, 2.24) is 4.90 Å². The first-order valence-electron chi connectivity index (χ1n) is 7.80. The van der Waals surface area contributed by atoms with Gasteiger partial charge in [0.25, 0.3) is 11.1 Å². The normalized spacial score (nSPS) is 15.7. The number of halogens is 1. The van der Waals surface area contributed by atoms with Crippen LogP contribution in [-0.4, -0.2) is 41.3 Å². The number of nitrogens with zero attached hydrogens (tertiary/aromatic N) is 1. The largest absolute Gasteiger partial charge is 0.488 e. The maximum Gasteiger partial charge on any atom is 0.326 e. The summed E-state index contributed by atoms with van der Waals surface area (Å²) < 4.78 is 11.2. The van der Waals surface area contributed by atoms with Gasteiger partial charge in [-0.1, -0.05) is 18.7 Å². The van der Waals surface area contributed by atoms with Crippen molar-refractivity contribution in [2.45, 2.75) is 20.0 Å². The van der Waals surface area contributed by atoms with E-state index in [1.807, 2.05) is 0 Å². The van der Waals surface area contributed by atoms with Crippen LogP contribution in [0.1, 0.15) is 19.4 Å². The van der Waals surface area contributed by atoms with E-state index in [1.54, 1.807) is 44.2 Å². The summed E-state index contributed by atoms with van der Waals surface area (Å²) in [6.07, 6.45) is 2.93. The fraction of sp³-hybridized carbons (Fsp3) is 0.278. The molecule has 0 aliphatic carbocycles. The summed E-state index contributed by atoms with van der Waals surface area (Å²) in [5, 5.41) is -0.494. The third-order valence-corrected chi connectivity index (χ3v) is 4.67. The number of ether oxygens (including phenoxy) is 2. The molecule has 1 aliphatic rings. The Morgan fingerprint density at radius 1 is 1.38 bits per heavy atom. The van der Waals surface area contributed by atoms with Crippen LogP contribution in [0.4, 0.5) is 4.79 Å². The van der Waals surface area contributed by atoms with Gasteiger partial charge in [0.2, 0.25) is 0 Å². The molecule has 0 aromatic heterocycles. The van der Waals surface area contributed by atoms with Crippen molar-refractivity contribution < 1.29 is 23.9 Å². The van der Waals surface area contributed by atoms with E-state index in [2.05, 4.69) is 22.5 Å². The molecule has 0 N–H and O–H groups in total. The topological polar surface area (TPSA) is 72.9 Å². The Labute approximate surface area is 164 Å². The molecule has 138 valence electrons. The van der Waals surface area contributed by atoms with E-state index < -0.39 is 23.7 Å². The van der Waals surface area contributed by atoms with E-state index in [1.165, 1.54) is 0 Å². The van der Waals surface area contributed by atoms with Crippen LogP contribution in [0, 0.1) is 0 Å². The second-order valence-electron chi connectivity index (χ2n) is 5.60. The van der Waals surface area contributed by atoms with Gasteiger partial charge in [0.1, 0.15) is 18.9 Å². The number of thioether (sulfide) groups is 1. The zero-order valence-corrected chi connectivity index (χ0v) is 16.8. The first kappa shape index (κ1) is 20.3. The van der Waals surface area contributed by atoms with Crippen LogP contribution in [0.3, 0.4) is 0 Å². The number of carbonyl (C=O) groups is 3. The molecule has 1 saturated heterocycles. The molecule has 0 radical (unpaired) electrons. The average molecular weight is 440 g/mol. The quantitative estimate of drug-likeness (QED) is 0.363. The Morgan fingerprint density at radius 3 is 2.73 bits per heavy atom. The second-order valence-corrected chi connectivity index (χ2v) is 7.44. The highest BCUT2D eigenvalue weighted by Gasteiger charge is 2.36. The van der Waals surface area contributed by atoms with Crippen LogP contribution in [0.5, 0.6) is 5.75 Å². The SMILES string of the molecule is C=CCOc1ccc(/C=C2/SC(=O)N(CC(=O)OC(C)C)C2=O)cc1Br. The number of benzene rings is 1. The fourth-order valence-electron chi connectivity index (χ4n) is 2.09. The molecule has 8 heteroatoms. The van der Waals surface area contributed by atoms with Gasteiger partial charge in [-0.05, 0) is 65.3 Å². The van der Waals surface area contributed by atoms with Crippen molar-refractivity contribution in [3.8, 4) is 5.75 Å². The van der Waals surface area contributed by atoms with Crippen molar-refractivity contribution in [2.75, 3.05) is 13.2 Å². The number of amides is 2. The molecule has 1 aliphatic heterocycles. The minimum absolute atomic E-state index is 0.249. The van der Waals surface area contributed by atoms with Crippen LogP contribution in [0.15, 0.2) is 40.2 Å². The van der Waals surface area contributed by atoms with Crippen molar-refractivity contribution in [3.05, 3.63) is 45.8 Å². The van der Waals surface area contributed by atoms with Gasteiger partial charge in [0.15, 0.2) is 0 Å². The van der Waals surface area contributed by atoms with Gasteiger partial charge in [-0.25, -0.2) is 0 Å². The molecule has 0 saturated carbocycles. The summed E-state index contributed by atoms with van der Waals surface area (Å²) in [4.78, 5) is 37.3. The first-order valence-corrected chi connectivity index (χ1v) is 9.41. The van der Waals surface area contributed by atoms with E-state index in [-0.39, 0.29) is 11.0 Å². The second kappa shape index (κ2) is 9.05. The highest BCUT2D eigenvalue weighted by atomic mass is 79.9. The van der Waals surface area contributed by atoms with Gasteiger partial charge in [-0.2, -0.15) is 0 Å². The van der Waals surface area contributed by atoms with Gasteiger partial charge in [0, 0.05) is 0 Å². The number of imide groups is 1. The number of rotatable bonds is 7. The van der Waals surface area contributed by atoms with Gasteiger partial charge >= 0.3 is 5.97 Å². The predicted molar refractivity (Wildman–Crippen MR) is 104 cm³/mol. The van der Waals surface area contributed by atoms with Crippen LogP contribution in [-0.2, 0) is 14.3 Å². The molecule has 0 unspecified atom stereocenters. The summed E-state index contributed by atoms with van der Waals surface area (Å²) >= 11 is 4.19. The Bertz CT molecular complexity index is 775. The van der Waals surface area contributed by atoms with E-state index in [9.17, 15) is 14.4 Å². The standard InChI is InChI=1S/C18H18BrNO5S/c1-4-7-24-14-6-5-12(8-13(14)19)9-15-17(22)20(18(23)26-15)10-16(21)25-11(2)3/h4-6,8-9,11H,1,7,10H2,2-3H3/b15-9+. The number of hydrogen-bond donors (Lipinski definition) is 0. The molecule has 0 spiro atoms. The van der Waals surface area contributed by atoms with Gasteiger partial charge < -0.3 is 9.47 Å². The van der Waals surface area contributed by atoms with Crippen LogP contribution >= 0.6 is 27.7 Å². The van der Waals surface area contributed by atoms with E-state index in [0.717, 1.165) is 22.2 Å². The maximum absolute atomic E-state index is 12.4. The van der Waals surface area contributed by atoms with Crippen molar-refractivity contribution in [3.63, 3.8) is 0 Å². The molecule has 2 amide bonds. The molecule has 26 heavy (non-hydrogen) atoms. The van der Waals surface area contributed by atoms with Crippen LogP contribution in [0.25, 0.3) is 6.08 Å². The summed E-state index contributed by atoms with van der Waals surface area (Å²) in [6.45, 7) is 6.98. The summed E-state index contributed by atoms with van der Waals surface area (Å²) in [6, 6.07) is 5.30. The summed E-state index contributed by atoms with van der Waals surface area (Å²) in [5.74, 6) is -0.481. The lowest BCUT2D eigenvalue weighted by Gasteiger charge is -2.13. The Hall–Kier alpha value is -2.06. The smallest absolute Gasteiger partial charge is 0.326 e. The zero-order chi connectivity index (χ0) is 19.3. The Balaban J connectivity index is 2.13. The minimum Gasteiger partial charge on any atom is -0.488 e. The molecular formula is C18H18BrNO5S. The highest BCUT2D eigenvalue weighted by Crippen LogP contribution is 2.33. The molecule has 1 aromatic rings. The van der Waals surface area contributed by atoms with E-state index in [4.69, 9.17) is 9.47 Å². The predicted octanol–water partition coefficient (Wildman–Crippen LogP) is 4.00. The first-order chi connectivity index (χ1) is 12.3. The summed E-state index contributed by atoms with van der Waals surface area (Å²) in [5.41, 5.74) is 0.720. The summed E-state index contributed by atoms with van der Waals surface area (Å²) in [7, 11) is 0. The average Bonchev–Trinajstić information content (AvgIpc) is 2.81. The van der Waals surface area contributed by atoms with Gasteiger partial charge in [-0.15, -0.1) is 0 Å². The Kier molecular flexibility index (Phi) is 7.05. The van der Waals surface area contributed by atoms with Crippen molar-refractivity contribution in [1.29, 1.82) is 0 Å². The molecule has 2 rings (SSSR count).